The Hall–Kier alpha value is -4.38. The van der Waals surface area contributed by atoms with Crippen molar-refractivity contribution in [2.45, 2.75) is 19.1 Å². The van der Waals surface area contributed by atoms with Gasteiger partial charge in [0, 0.05) is 5.56 Å². The molecule has 0 spiro atoms. The molecule has 0 radical (unpaired) electrons. The molecule has 5 nitrogen and oxygen atoms in total. The summed E-state index contributed by atoms with van der Waals surface area (Å²) in [4.78, 5) is 24.3. The van der Waals surface area contributed by atoms with Gasteiger partial charge < -0.3 is 15.2 Å². The fourth-order valence-electron chi connectivity index (χ4n) is 3.65. The van der Waals surface area contributed by atoms with Gasteiger partial charge >= 0.3 is 5.97 Å². The van der Waals surface area contributed by atoms with Gasteiger partial charge in [0.2, 0.25) is 0 Å². The zero-order valence-electron chi connectivity index (χ0n) is 18.6. The van der Waals surface area contributed by atoms with Crippen LogP contribution < -0.4 is 10.1 Å². The van der Waals surface area contributed by atoms with E-state index >= 15 is 0 Å². The molecule has 2 N–H and O–H groups in total. The van der Waals surface area contributed by atoms with Gasteiger partial charge in [0.25, 0.3) is 5.91 Å². The average Bonchev–Trinajstić information content (AvgIpc) is 2.88. The lowest BCUT2D eigenvalue weighted by Crippen LogP contribution is -2.30. The SMILES string of the molecule is O=C(O)CC(NC(=O)c1ccc(OCc2ccccc2)cc1)c1ccc(-c2ccccc2)cc1. The Bertz CT molecular complexity index is 1220. The number of ether oxygens (including phenoxy) is 1. The molecule has 0 saturated heterocycles. The standard InChI is InChI=1S/C29H25NO4/c31-28(32)19-27(24-13-11-23(12-14-24)22-9-5-2-6-10-22)30-29(33)25-15-17-26(18-16-25)34-20-21-7-3-1-4-8-21/h1-18,27H,19-20H2,(H,30,33)(H,31,32). The number of nitrogens with one attached hydrogen (secondary N) is 1. The van der Waals surface area contributed by atoms with Crippen LogP contribution in [0, 0.1) is 0 Å². The summed E-state index contributed by atoms with van der Waals surface area (Å²) >= 11 is 0. The van der Waals surface area contributed by atoms with Crippen LogP contribution in [0.15, 0.2) is 109 Å². The first-order valence-electron chi connectivity index (χ1n) is 11.0. The van der Waals surface area contributed by atoms with Crippen molar-refractivity contribution in [1.29, 1.82) is 0 Å². The van der Waals surface area contributed by atoms with Crippen LogP contribution >= 0.6 is 0 Å². The predicted molar refractivity (Wildman–Crippen MR) is 132 cm³/mol. The maximum absolute atomic E-state index is 12.8. The second-order valence-corrected chi connectivity index (χ2v) is 7.91. The topological polar surface area (TPSA) is 75.6 Å². The van der Waals surface area contributed by atoms with Crippen molar-refractivity contribution in [2.75, 3.05) is 0 Å². The highest BCUT2D eigenvalue weighted by molar-refractivity contribution is 5.94. The van der Waals surface area contributed by atoms with Crippen molar-refractivity contribution in [2.24, 2.45) is 0 Å². The summed E-state index contributed by atoms with van der Waals surface area (Å²) in [5, 5.41) is 12.2. The number of aliphatic carboxylic acids is 1. The molecule has 1 unspecified atom stereocenters. The monoisotopic (exact) mass is 451 g/mol. The van der Waals surface area contributed by atoms with Crippen LogP contribution in [0.5, 0.6) is 5.75 Å². The fraction of sp³-hybridized carbons (Fsp3) is 0.103. The molecule has 4 aromatic rings. The minimum absolute atomic E-state index is 0.214. The van der Waals surface area contributed by atoms with Crippen LogP contribution in [-0.4, -0.2) is 17.0 Å². The lowest BCUT2D eigenvalue weighted by Gasteiger charge is -2.18. The maximum atomic E-state index is 12.8. The summed E-state index contributed by atoms with van der Waals surface area (Å²) in [6.45, 7) is 0.437. The third kappa shape index (κ3) is 6.11. The van der Waals surface area contributed by atoms with Gasteiger partial charge in [-0.15, -0.1) is 0 Å². The van der Waals surface area contributed by atoms with E-state index in [2.05, 4.69) is 5.32 Å². The summed E-state index contributed by atoms with van der Waals surface area (Å²) in [6.07, 6.45) is -0.214. The van der Waals surface area contributed by atoms with Gasteiger partial charge in [-0.1, -0.05) is 84.9 Å². The number of benzene rings is 4. The highest BCUT2D eigenvalue weighted by Gasteiger charge is 2.19. The molecule has 0 aliphatic heterocycles. The smallest absolute Gasteiger partial charge is 0.305 e. The molecular formula is C29H25NO4. The molecule has 4 aromatic carbocycles. The Labute approximate surface area is 198 Å². The minimum atomic E-state index is -0.984. The number of rotatable bonds is 9. The highest BCUT2D eigenvalue weighted by atomic mass is 16.5. The number of carbonyl (C=O) groups excluding carboxylic acids is 1. The van der Waals surface area contributed by atoms with E-state index in [1.165, 1.54) is 0 Å². The summed E-state index contributed by atoms with van der Waals surface area (Å²) in [6, 6.07) is 33.5. The van der Waals surface area contributed by atoms with Crippen LogP contribution in [0.1, 0.15) is 33.9 Å². The van der Waals surface area contributed by atoms with Crippen molar-refractivity contribution in [3.63, 3.8) is 0 Å². The van der Waals surface area contributed by atoms with Gasteiger partial charge in [0.1, 0.15) is 12.4 Å². The van der Waals surface area contributed by atoms with Gasteiger partial charge in [-0.3, -0.25) is 9.59 Å². The number of amides is 1. The van der Waals surface area contributed by atoms with Gasteiger partial charge in [-0.05, 0) is 46.5 Å². The summed E-state index contributed by atoms with van der Waals surface area (Å²) in [7, 11) is 0. The molecule has 0 aliphatic rings. The molecule has 0 aromatic heterocycles. The van der Waals surface area contributed by atoms with Crippen LogP contribution in [-0.2, 0) is 11.4 Å². The second-order valence-electron chi connectivity index (χ2n) is 7.91. The van der Waals surface area contributed by atoms with E-state index in [1.807, 2.05) is 84.9 Å². The molecule has 0 saturated carbocycles. The first-order chi connectivity index (χ1) is 16.6. The molecule has 0 heterocycles. The normalized spacial score (nSPS) is 11.4. The largest absolute Gasteiger partial charge is 0.489 e. The molecule has 0 bridgehead atoms. The Kier molecular flexibility index (Phi) is 7.35. The van der Waals surface area contributed by atoms with Gasteiger partial charge in [-0.25, -0.2) is 0 Å². The number of carboxylic acid groups (broad SMARTS) is 1. The zero-order valence-corrected chi connectivity index (χ0v) is 18.6. The summed E-state index contributed by atoms with van der Waals surface area (Å²) in [5.74, 6) is -0.672. The first-order valence-corrected chi connectivity index (χ1v) is 11.0. The van der Waals surface area contributed by atoms with Gasteiger partial charge in [0.05, 0.1) is 12.5 Å². The maximum Gasteiger partial charge on any atom is 0.305 e. The third-order valence-electron chi connectivity index (χ3n) is 5.47. The lowest BCUT2D eigenvalue weighted by molar-refractivity contribution is -0.137. The minimum Gasteiger partial charge on any atom is -0.489 e. The van der Waals surface area contributed by atoms with Crippen molar-refractivity contribution in [3.05, 3.63) is 126 Å². The zero-order chi connectivity index (χ0) is 23.8. The number of carbonyl (C=O) groups is 2. The van der Waals surface area contributed by atoms with Crippen LogP contribution in [0.2, 0.25) is 0 Å². The molecule has 0 aliphatic carbocycles. The molecule has 5 heteroatoms. The van der Waals surface area contributed by atoms with E-state index in [0.717, 1.165) is 22.3 Å². The molecule has 170 valence electrons. The molecular weight excluding hydrogens is 426 g/mol. The number of carboxylic acids is 1. The Morgan fingerprint density at radius 1 is 0.735 bits per heavy atom. The van der Waals surface area contributed by atoms with Crippen LogP contribution in [0.4, 0.5) is 0 Å². The van der Waals surface area contributed by atoms with Crippen molar-refractivity contribution in [1.82, 2.24) is 5.32 Å². The van der Waals surface area contributed by atoms with Crippen molar-refractivity contribution in [3.8, 4) is 16.9 Å². The van der Waals surface area contributed by atoms with Gasteiger partial charge in [0.15, 0.2) is 0 Å². The van der Waals surface area contributed by atoms with E-state index in [1.54, 1.807) is 24.3 Å². The molecule has 0 fully saturated rings. The predicted octanol–water partition coefficient (Wildman–Crippen LogP) is 5.88. The lowest BCUT2D eigenvalue weighted by atomic mass is 9.99. The highest BCUT2D eigenvalue weighted by Crippen LogP contribution is 2.24. The first kappa shape index (κ1) is 22.8. The Morgan fingerprint density at radius 2 is 1.32 bits per heavy atom. The summed E-state index contributed by atoms with van der Waals surface area (Å²) < 4.78 is 5.77. The Balaban J connectivity index is 1.42. The number of hydrogen-bond donors (Lipinski definition) is 2. The van der Waals surface area contributed by atoms with Crippen LogP contribution in [0.25, 0.3) is 11.1 Å². The van der Waals surface area contributed by atoms with E-state index in [4.69, 9.17) is 4.74 Å². The van der Waals surface area contributed by atoms with Crippen molar-refractivity contribution < 1.29 is 19.4 Å². The molecule has 4 rings (SSSR count). The van der Waals surface area contributed by atoms with E-state index < -0.39 is 12.0 Å². The molecule has 1 amide bonds. The molecule has 1 atom stereocenters. The van der Waals surface area contributed by atoms with Gasteiger partial charge in [-0.2, -0.15) is 0 Å². The third-order valence-corrected chi connectivity index (χ3v) is 5.47. The quantitative estimate of drug-likeness (QED) is 0.333. The summed E-state index contributed by atoms with van der Waals surface area (Å²) in [5.41, 5.74) is 4.32. The van der Waals surface area contributed by atoms with E-state index in [0.29, 0.717) is 17.9 Å². The van der Waals surface area contributed by atoms with Crippen LogP contribution in [0.3, 0.4) is 0 Å². The molecule has 34 heavy (non-hydrogen) atoms. The second kappa shape index (κ2) is 11.0. The fourth-order valence-corrected chi connectivity index (χ4v) is 3.65. The average molecular weight is 452 g/mol. The Morgan fingerprint density at radius 3 is 1.94 bits per heavy atom. The number of hydrogen-bond acceptors (Lipinski definition) is 3. The van der Waals surface area contributed by atoms with E-state index in [-0.39, 0.29) is 12.3 Å². The van der Waals surface area contributed by atoms with E-state index in [9.17, 15) is 14.7 Å². The van der Waals surface area contributed by atoms with Crippen molar-refractivity contribution >= 4 is 11.9 Å².